The second kappa shape index (κ2) is 5.27. The number of nitrogens with one attached hydrogen (secondary N) is 1. The first-order chi connectivity index (χ1) is 6.77. The second-order valence-electron chi connectivity index (χ2n) is 2.88. The average molecular weight is 193 g/mol. The normalized spacial score (nSPS) is 9.57. The van der Waals surface area contributed by atoms with Crippen LogP contribution >= 0.6 is 0 Å². The van der Waals surface area contributed by atoms with Crippen LogP contribution in [0.1, 0.15) is 19.4 Å². The predicted octanol–water partition coefficient (Wildman–Crippen LogP) is 2.36. The summed E-state index contributed by atoms with van der Waals surface area (Å²) in [5.41, 5.74) is 1.04. The van der Waals surface area contributed by atoms with Gasteiger partial charge in [-0.2, -0.15) is 0 Å². The molecule has 1 N–H and O–H groups in total. The van der Waals surface area contributed by atoms with Crippen LogP contribution in [0.2, 0.25) is 0 Å². The summed E-state index contributed by atoms with van der Waals surface area (Å²) in [7, 11) is 0. The van der Waals surface area contributed by atoms with Crippen LogP contribution < -0.4 is 10.1 Å². The average Bonchev–Trinajstić information content (AvgIpc) is 2.19. The Balaban J connectivity index is 2.70. The summed E-state index contributed by atoms with van der Waals surface area (Å²) >= 11 is 0. The van der Waals surface area contributed by atoms with E-state index >= 15 is 0 Å². The third-order valence-electron chi connectivity index (χ3n) is 1.88. The standard InChI is InChI=1S/C11H15NO2/c1-3-9-7-5-6-8-10(9)14-11(13)12-4-2/h5-8H,3-4H2,1-2H3,(H,12,13). The molecule has 0 aliphatic rings. The van der Waals surface area contributed by atoms with Gasteiger partial charge >= 0.3 is 6.09 Å². The lowest BCUT2D eigenvalue weighted by atomic mass is 10.1. The van der Waals surface area contributed by atoms with Crippen LogP contribution in [0.5, 0.6) is 5.75 Å². The number of amides is 1. The molecule has 0 spiro atoms. The van der Waals surface area contributed by atoms with E-state index < -0.39 is 6.09 Å². The molecule has 0 aliphatic heterocycles. The molecule has 14 heavy (non-hydrogen) atoms. The number of hydrogen-bond acceptors (Lipinski definition) is 2. The maximum atomic E-state index is 11.1. The van der Waals surface area contributed by atoms with E-state index in [1.807, 2.05) is 32.0 Å². The number of rotatable bonds is 3. The van der Waals surface area contributed by atoms with Gasteiger partial charge in [0.1, 0.15) is 5.75 Å². The minimum Gasteiger partial charge on any atom is -0.410 e. The highest BCUT2D eigenvalue weighted by Gasteiger charge is 2.05. The Morgan fingerprint density at radius 3 is 2.71 bits per heavy atom. The zero-order chi connectivity index (χ0) is 10.4. The summed E-state index contributed by atoms with van der Waals surface area (Å²) in [6, 6.07) is 7.54. The number of ether oxygens (including phenoxy) is 1. The van der Waals surface area contributed by atoms with E-state index in [1.54, 1.807) is 6.07 Å². The maximum Gasteiger partial charge on any atom is 0.412 e. The molecule has 0 unspecified atom stereocenters. The van der Waals surface area contributed by atoms with Crippen LogP contribution in [0.15, 0.2) is 24.3 Å². The van der Waals surface area contributed by atoms with E-state index in [0.717, 1.165) is 12.0 Å². The molecule has 3 nitrogen and oxygen atoms in total. The van der Waals surface area contributed by atoms with E-state index in [9.17, 15) is 4.79 Å². The van der Waals surface area contributed by atoms with Gasteiger partial charge in [-0.1, -0.05) is 25.1 Å². The van der Waals surface area contributed by atoms with Crippen molar-refractivity contribution in [2.24, 2.45) is 0 Å². The van der Waals surface area contributed by atoms with E-state index in [2.05, 4.69) is 5.32 Å². The Hall–Kier alpha value is -1.51. The Labute approximate surface area is 84.1 Å². The summed E-state index contributed by atoms with van der Waals surface area (Å²) < 4.78 is 5.13. The summed E-state index contributed by atoms with van der Waals surface area (Å²) in [6.45, 7) is 4.46. The molecule has 0 aliphatic carbocycles. The molecule has 1 rings (SSSR count). The molecular weight excluding hydrogens is 178 g/mol. The molecule has 1 aromatic rings. The highest BCUT2D eigenvalue weighted by Crippen LogP contribution is 2.18. The van der Waals surface area contributed by atoms with Gasteiger partial charge in [0.15, 0.2) is 0 Å². The Kier molecular flexibility index (Phi) is 3.98. The number of carbonyl (C=O) groups is 1. The van der Waals surface area contributed by atoms with Gasteiger partial charge in [-0.15, -0.1) is 0 Å². The molecule has 0 fully saturated rings. The molecule has 0 saturated carbocycles. The van der Waals surface area contributed by atoms with Crippen LogP contribution in [0.4, 0.5) is 4.79 Å². The van der Waals surface area contributed by atoms with Crippen molar-refractivity contribution in [2.75, 3.05) is 6.54 Å². The van der Waals surface area contributed by atoms with Gasteiger partial charge in [0.05, 0.1) is 0 Å². The van der Waals surface area contributed by atoms with Crippen LogP contribution in [0, 0.1) is 0 Å². The van der Waals surface area contributed by atoms with Crippen molar-refractivity contribution in [3.63, 3.8) is 0 Å². The van der Waals surface area contributed by atoms with Crippen molar-refractivity contribution in [1.29, 1.82) is 0 Å². The van der Waals surface area contributed by atoms with Crippen LogP contribution in [0.25, 0.3) is 0 Å². The van der Waals surface area contributed by atoms with Crippen LogP contribution in [0.3, 0.4) is 0 Å². The summed E-state index contributed by atoms with van der Waals surface area (Å²) in [5, 5.41) is 2.58. The Bertz CT molecular complexity index is 310. The molecule has 0 radical (unpaired) electrons. The van der Waals surface area contributed by atoms with Gasteiger partial charge in [0.2, 0.25) is 0 Å². The Morgan fingerprint density at radius 1 is 1.36 bits per heavy atom. The zero-order valence-electron chi connectivity index (χ0n) is 8.54. The van der Waals surface area contributed by atoms with Crippen LogP contribution in [-0.2, 0) is 6.42 Å². The van der Waals surface area contributed by atoms with Crippen LogP contribution in [-0.4, -0.2) is 12.6 Å². The highest BCUT2D eigenvalue weighted by molar-refractivity contribution is 5.70. The first-order valence-corrected chi connectivity index (χ1v) is 4.81. The van der Waals surface area contributed by atoms with E-state index in [4.69, 9.17) is 4.74 Å². The van der Waals surface area contributed by atoms with Gasteiger partial charge in [0, 0.05) is 6.54 Å². The quantitative estimate of drug-likeness (QED) is 0.800. The fourth-order valence-corrected chi connectivity index (χ4v) is 1.18. The molecule has 1 aromatic carbocycles. The number of carbonyl (C=O) groups excluding carboxylic acids is 1. The molecule has 3 heteroatoms. The van der Waals surface area contributed by atoms with Gasteiger partial charge in [0.25, 0.3) is 0 Å². The molecule has 1 amide bonds. The van der Waals surface area contributed by atoms with Crippen molar-refractivity contribution in [3.8, 4) is 5.75 Å². The van der Waals surface area contributed by atoms with Gasteiger partial charge in [-0.3, -0.25) is 0 Å². The Morgan fingerprint density at radius 2 is 2.07 bits per heavy atom. The number of hydrogen-bond donors (Lipinski definition) is 1. The van der Waals surface area contributed by atoms with E-state index in [-0.39, 0.29) is 0 Å². The lowest BCUT2D eigenvalue weighted by Crippen LogP contribution is -2.26. The first-order valence-electron chi connectivity index (χ1n) is 4.81. The SMILES string of the molecule is CCNC(=O)Oc1ccccc1CC. The fourth-order valence-electron chi connectivity index (χ4n) is 1.18. The van der Waals surface area contributed by atoms with E-state index in [0.29, 0.717) is 12.3 Å². The molecule has 0 atom stereocenters. The highest BCUT2D eigenvalue weighted by atomic mass is 16.6. The molecule has 0 saturated heterocycles. The monoisotopic (exact) mass is 193 g/mol. The predicted molar refractivity (Wildman–Crippen MR) is 55.5 cm³/mol. The largest absolute Gasteiger partial charge is 0.412 e. The van der Waals surface area contributed by atoms with Crippen molar-refractivity contribution >= 4 is 6.09 Å². The fraction of sp³-hybridized carbons (Fsp3) is 0.364. The molecular formula is C11H15NO2. The number of para-hydroxylation sites is 1. The maximum absolute atomic E-state index is 11.1. The smallest absolute Gasteiger partial charge is 0.410 e. The molecule has 0 bridgehead atoms. The third kappa shape index (κ3) is 2.76. The lowest BCUT2D eigenvalue weighted by molar-refractivity contribution is 0.200. The van der Waals surface area contributed by atoms with Gasteiger partial charge in [-0.05, 0) is 25.0 Å². The van der Waals surface area contributed by atoms with Crippen molar-refractivity contribution in [3.05, 3.63) is 29.8 Å². The van der Waals surface area contributed by atoms with Gasteiger partial charge in [-0.25, -0.2) is 4.79 Å². The molecule has 0 aromatic heterocycles. The summed E-state index contributed by atoms with van der Waals surface area (Å²) in [5.74, 6) is 0.640. The van der Waals surface area contributed by atoms with Crippen molar-refractivity contribution in [1.82, 2.24) is 5.32 Å². The minimum atomic E-state index is -0.395. The minimum absolute atomic E-state index is 0.395. The summed E-state index contributed by atoms with van der Waals surface area (Å²) in [6.07, 6.45) is 0.462. The van der Waals surface area contributed by atoms with Gasteiger partial charge < -0.3 is 10.1 Å². The third-order valence-corrected chi connectivity index (χ3v) is 1.88. The lowest BCUT2D eigenvalue weighted by Gasteiger charge is -2.08. The summed E-state index contributed by atoms with van der Waals surface area (Å²) in [4.78, 5) is 11.1. The van der Waals surface area contributed by atoms with Crippen molar-refractivity contribution < 1.29 is 9.53 Å². The molecule has 76 valence electrons. The zero-order valence-corrected chi connectivity index (χ0v) is 8.54. The first kappa shape index (κ1) is 10.6. The number of benzene rings is 1. The topological polar surface area (TPSA) is 38.3 Å². The number of aryl methyl sites for hydroxylation is 1. The molecule has 0 heterocycles. The van der Waals surface area contributed by atoms with E-state index in [1.165, 1.54) is 0 Å². The van der Waals surface area contributed by atoms with Crippen molar-refractivity contribution in [2.45, 2.75) is 20.3 Å². The second-order valence-corrected chi connectivity index (χ2v) is 2.88.